The van der Waals surface area contributed by atoms with Gasteiger partial charge in [0.25, 0.3) is 0 Å². The molecular formula is C15H10ClF3N2. The first-order valence-corrected chi connectivity index (χ1v) is 6.82. The number of rotatable bonds is 3. The van der Waals surface area contributed by atoms with Gasteiger partial charge in [-0.05, 0) is 12.1 Å². The predicted octanol–water partition coefficient (Wildman–Crippen LogP) is 4.22. The van der Waals surface area contributed by atoms with Crippen molar-refractivity contribution in [2.24, 2.45) is 0 Å². The number of fused-ring (bicyclic) bond motifs is 1. The zero-order valence-electron chi connectivity index (χ0n) is 10.8. The van der Waals surface area contributed by atoms with E-state index < -0.39 is 17.5 Å². The predicted molar refractivity (Wildman–Crippen MR) is 75.4 cm³/mol. The molecule has 108 valence electrons. The van der Waals surface area contributed by atoms with Gasteiger partial charge in [-0.3, -0.25) is 4.57 Å². The largest absolute Gasteiger partial charge is 0.293 e. The number of halogens is 4. The summed E-state index contributed by atoms with van der Waals surface area (Å²) in [6.45, 7) is 0. The molecule has 3 aromatic rings. The van der Waals surface area contributed by atoms with E-state index in [0.29, 0.717) is 29.3 Å². The van der Waals surface area contributed by atoms with Crippen molar-refractivity contribution in [3.05, 3.63) is 59.7 Å². The molecule has 0 radical (unpaired) electrons. The summed E-state index contributed by atoms with van der Waals surface area (Å²) >= 11 is 5.73. The molecule has 3 rings (SSSR count). The highest BCUT2D eigenvalue weighted by Crippen LogP contribution is 2.26. The fourth-order valence-electron chi connectivity index (χ4n) is 2.30. The van der Waals surface area contributed by atoms with Gasteiger partial charge in [-0.2, -0.15) is 0 Å². The number of para-hydroxylation sites is 2. The normalized spacial score (nSPS) is 11.2. The van der Waals surface area contributed by atoms with Crippen molar-refractivity contribution in [3.8, 4) is 5.69 Å². The lowest BCUT2D eigenvalue weighted by Gasteiger charge is -2.10. The second-order valence-corrected chi connectivity index (χ2v) is 4.89. The lowest BCUT2D eigenvalue weighted by Crippen LogP contribution is -2.06. The smallest absolute Gasteiger partial charge is 0.183 e. The Kier molecular flexibility index (Phi) is 3.59. The van der Waals surface area contributed by atoms with Crippen molar-refractivity contribution < 1.29 is 13.2 Å². The molecule has 0 fully saturated rings. The summed E-state index contributed by atoms with van der Waals surface area (Å²) in [6.07, 6.45) is 0.355. The Morgan fingerprint density at radius 1 is 1.10 bits per heavy atom. The van der Waals surface area contributed by atoms with Gasteiger partial charge in [0.15, 0.2) is 11.6 Å². The van der Waals surface area contributed by atoms with E-state index in [0.717, 1.165) is 6.07 Å². The fourth-order valence-corrected chi connectivity index (χ4v) is 2.47. The average molecular weight is 311 g/mol. The summed E-state index contributed by atoms with van der Waals surface area (Å²) in [5, 5.41) is 0. The third-order valence-electron chi connectivity index (χ3n) is 3.16. The molecule has 0 aliphatic carbocycles. The van der Waals surface area contributed by atoms with Crippen molar-refractivity contribution in [3.63, 3.8) is 0 Å². The van der Waals surface area contributed by atoms with Gasteiger partial charge >= 0.3 is 0 Å². The molecule has 0 aliphatic rings. The van der Waals surface area contributed by atoms with Crippen LogP contribution in [-0.4, -0.2) is 15.4 Å². The SMILES string of the molecule is Fc1cc(F)c(F)c(-n2c(CCCl)nc3ccccc32)c1. The van der Waals surface area contributed by atoms with Crippen LogP contribution in [0.2, 0.25) is 0 Å². The van der Waals surface area contributed by atoms with E-state index in [2.05, 4.69) is 4.98 Å². The summed E-state index contributed by atoms with van der Waals surface area (Å²) < 4.78 is 42.4. The molecule has 0 saturated heterocycles. The molecule has 1 aromatic heterocycles. The number of alkyl halides is 1. The van der Waals surface area contributed by atoms with Crippen LogP contribution in [0, 0.1) is 17.5 Å². The molecule has 0 spiro atoms. The standard InChI is InChI=1S/C15H10ClF3N2/c16-6-5-14-20-11-3-1-2-4-12(11)21(14)13-8-9(17)7-10(18)15(13)19/h1-4,7-8H,5-6H2. The Balaban J connectivity index is 2.35. The molecule has 2 nitrogen and oxygen atoms in total. The Bertz CT molecular complexity index is 814. The van der Waals surface area contributed by atoms with Crippen LogP contribution < -0.4 is 0 Å². The Morgan fingerprint density at radius 3 is 2.62 bits per heavy atom. The quantitative estimate of drug-likeness (QED) is 0.523. The second-order valence-electron chi connectivity index (χ2n) is 4.51. The Morgan fingerprint density at radius 2 is 1.86 bits per heavy atom. The van der Waals surface area contributed by atoms with Gasteiger partial charge in [0, 0.05) is 24.4 Å². The van der Waals surface area contributed by atoms with E-state index in [1.165, 1.54) is 4.57 Å². The molecule has 0 amide bonds. The van der Waals surface area contributed by atoms with Crippen LogP contribution in [0.15, 0.2) is 36.4 Å². The van der Waals surface area contributed by atoms with Crippen LogP contribution in [0.3, 0.4) is 0 Å². The average Bonchev–Trinajstić information content (AvgIpc) is 2.81. The van der Waals surface area contributed by atoms with Gasteiger partial charge in [-0.15, -0.1) is 11.6 Å². The first-order chi connectivity index (χ1) is 10.1. The lowest BCUT2D eigenvalue weighted by molar-refractivity contribution is 0.490. The highest BCUT2D eigenvalue weighted by atomic mass is 35.5. The Hall–Kier alpha value is -2.01. The van der Waals surface area contributed by atoms with Crippen LogP contribution in [-0.2, 0) is 6.42 Å². The van der Waals surface area contributed by atoms with Gasteiger partial charge in [0.1, 0.15) is 11.6 Å². The summed E-state index contributed by atoms with van der Waals surface area (Å²) in [5.41, 5.74) is 0.976. The number of nitrogens with zero attached hydrogens (tertiary/aromatic N) is 2. The third-order valence-corrected chi connectivity index (χ3v) is 3.35. The van der Waals surface area contributed by atoms with Crippen LogP contribution >= 0.6 is 11.6 Å². The first-order valence-electron chi connectivity index (χ1n) is 6.29. The number of aromatic nitrogens is 2. The number of benzene rings is 2. The molecule has 2 aromatic carbocycles. The molecule has 1 heterocycles. The van der Waals surface area contributed by atoms with E-state index in [1.807, 2.05) is 0 Å². The summed E-state index contributed by atoms with van der Waals surface area (Å²) in [4.78, 5) is 4.35. The highest BCUT2D eigenvalue weighted by molar-refractivity contribution is 6.17. The number of aryl methyl sites for hydroxylation is 1. The van der Waals surface area contributed by atoms with E-state index in [4.69, 9.17) is 11.6 Å². The third kappa shape index (κ3) is 2.38. The van der Waals surface area contributed by atoms with Gasteiger partial charge < -0.3 is 0 Å². The Labute approximate surface area is 123 Å². The zero-order chi connectivity index (χ0) is 15.0. The number of hydrogen-bond donors (Lipinski definition) is 0. The highest BCUT2D eigenvalue weighted by Gasteiger charge is 2.18. The second kappa shape index (κ2) is 5.41. The van der Waals surface area contributed by atoms with Gasteiger partial charge in [0.2, 0.25) is 0 Å². The van der Waals surface area contributed by atoms with Crippen LogP contribution in [0.5, 0.6) is 0 Å². The monoisotopic (exact) mass is 310 g/mol. The minimum absolute atomic E-state index is 0.207. The molecule has 21 heavy (non-hydrogen) atoms. The van der Waals surface area contributed by atoms with Crippen LogP contribution in [0.25, 0.3) is 16.7 Å². The molecule has 0 bridgehead atoms. The maximum atomic E-state index is 14.1. The van der Waals surface area contributed by atoms with E-state index >= 15 is 0 Å². The summed E-state index contributed by atoms with van der Waals surface area (Å²) in [5.74, 6) is -2.48. The number of hydrogen-bond acceptors (Lipinski definition) is 1. The molecule has 0 N–H and O–H groups in total. The molecule has 0 saturated carbocycles. The zero-order valence-corrected chi connectivity index (χ0v) is 11.5. The number of imidazole rings is 1. The minimum atomic E-state index is -1.24. The lowest BCUT2D eigenvalue weighted by atomic mass is 10.2. The fraction of sp³-hybridized carbons (Fsp3) is 0.133. The van der Waals surface area contributed by atoms with E-state index in [1.54, 1.807) is 24.3 Å². The van der Waals surface area contributed by atoms with Crippen molar-refractivity contribution in [1.29, 1.82) is 0 Å². The van der Waals surface area contributed by atoms with Crippen molar-refractivity contribution in [1.82, 2.24) is 9.55 Å². The molecule has 0 atom stereocenters. The maximum absolute atomic E-state index is 14.1. The van der Waals surface area contributed by atoms with Gasteiger partial charge in [0.05, 0.1) is 16.7 Å². The first kappa shape index (κ1) is 13.9. The van der Waals surface area contributed by atoms with Crippen molar-refractivity contribution in [2.75, 3.05) is 5.88 Å². The van der Waals surface area contributed by atoms with Crippen molar-refractivity contribution >= 4 is 22.6 Å². The minimum Gasteiger partial charge on any atom is -0.293 e. The van der Waals surface area contributed by atoms with Gasteiger partial charge in [-0.25, -0.2) is 18.2 Å². The molecular weight excluding hydrogens is 301 g/mol. The van der Waals surface area contributed by atoms with Crippen molar-refractivity contribution in [2.45, 2.75) is 6.42 Å². The summed E-state index contributed by atoms with van der Waals surface area (Å²) in [7, 11) is 0. The topological polar surface area (TPSA) is 17.8 Å². The van der Waals surface area contributed by atoms with Gasteiger partial charge in [-0.1, -0.05) is 12.1 Å². The molecule has 0 aliphatic heterocycles. The molecule has 6 heteroatoms. The summed E-state index contributed by atoms with van der Waals surface area (Å²) in [6, 6.07) is 8.45. The van der Waals surface area contributed by atoms with Crippen LogP contribution in [0.4, 0.5) is 13.2 Å². The maximum Gasteiger partial charge on any atom is 0.183 e. The molecule has 0 unspecified atom stereocenters. The van der Waals surface area contributed by atoms with E-state index in [-0.39, 0.29) is 11.6 Å². The van der Waals surface area contributed by atoms with Crippen LogP contribution in [0.1, 0.15) is 5.82 Å². The van der Waals surface area contributed by atoms with E-state index in [9.17, 15) is 13.2 Å².